The van der Waals surface area contributed by atoms with Gasteiger partial charge in [0.25, 0.3) is 0 Å². The summed E-state index contributed by atoms with van der Waals surface area (Å²) in [5, 5.41) is 29.7. The highest BCUT2D eigenvalue weighted by Gasteiger charge is 2.27. The van der Waals surface area contributed by atoms with Crippen LogP contribution in [0.25, 0.3) is 11.3 Å². The Morgan fingerprint density at radius 2 is 2.04 bits per heavy atom. The van der Waals surface area contributed by atoms with Crippen LogP contribution in [-0.4, -0.2) is 51.8 Å². The van der Waals surface area contributed by atoms with Crippen molar-refractivity contribution in [3.05, 3.63) is 23.4 Å². The lowest BCUT2D eigenvalue weighted by Gasteiger charge is -2.16. The van der Waals surface area contributed by atoms with Gasteiger partial charge in [0.15, 0.2) is 5.69 Å². The normalized spacial score (nSPS) is 10.6. The summed E-state index contributed by atoms with van der Waals surface area (Å²) in [5.41, 5.74) is 1.69. The average Bonchev–Trinajstić information content (AvgIpc) is 3.05. The van der Waals surface area contributed by atoms with Crippen LogP contribution in [-0.2, 0) is 4.74 Å². The van der Waals surface area contributed by atoms with Crippen molar-refractivity contribution < 1.29 is 24.3 Å². The molecule has 134 valence electrons. The van der Waals surface area contributed by atoms with E-state index in [4.69, 9.17) is 9.47 Å². The molecule has 3 N–H and O–H groups in total. The number of carbonyl (C=O) groups is 1. The van der Waals surface area contributed by atoms with Crippen LogP contribution in [0.1, 0.15) is 42.7 Å². The third-order valence-electron chi connectivity index (χ3n) is 3.56. The SMILES string of the molecule is CCCCOc1c(B(O)O)cc(C)cc1-c1n[nH]nc1C(=O)OCC. The lowest BCUT2D eigenvalue weighted by atomic mass is 9.77. The second kappa shape index (κ2) is 8.64. The molecule has 0 aliphatic carbocycles. The zero-order chi connectivity index (χ0) is 18.4. The Labute approximate surface area is 146 Å². The first kappa shape index (κ1) is 18.9. The fourth-order valence-corrected chi connectivity index (χ4v) is 2.41. The highest BCUT2D eigenvalue weighted by molar-refractivity contribution is 6.60. The van der Waals surface area contributed by atoms with E-state index < -0.39 is 13.1 Å². The van der Waals surface area contributed by atoms with Crippen molar-refractivity contribution in [2.45, 2.75) is 33.6 Å². The van der Waals surface area contributed by atoms with E-state index in [0.29, 0.717) is 12.2 Å². The van der Waals surface area contributed by atoms with E-state index in [1.807, 2.05) is 6.92 Å². The number of esters is 1. The number of ether oxygens (including phenoxy) is 2. The summed E-state index contributed by atoms with van der Waals surface area (Å²) >= 11 is 0. The van der Waals surface area contributed by atoms with Gasteiger partial charge in [0, 0.05) is 11.0 Å². The molecule has 0 saturated heterocycles. The first-order chi connectivity index (χ1) is 12.0. The molecule has 8 nitrogen and oxygen atoms in total. The monoisotopic (exact) mass is 347 g/mol. The second-order valence-corrected chi connectivity index (χ2v) is 5.55. The van der Waals surface area contributed by atoms with Crippen LogP contribution < -0.4 is 10.2 Å². The number of benzene rings is 1. The minimum atomic E-state index is -1.71. The number of hydrogen-bond acceptors (Lipinski definition) is 7. The zero-order valence-corrected chi connectivity index (χ0v) is 14.6. The number of aromatic nitrogens is 3. The van der Waals surface area contributed by atoms with Crippen molar-refractivity contribution in [1.29, 1.82) is 0 Å². The number of H-pyrrole nitrogens is 1. The largest absolute Gasteiger partial charge is 0.493 e. The molecular formula is C16H22BN3O5. The van der Waals surface area contributed by atoms with Crippen molar-refractivity contribution in [3.63, 3.8) is 0 Å². The molecule has 2 rings (SSSR count). The molecule has 0 amide bonds. The zero-order valence-electron chi connectivity index (χ0n) is 14.6. The summed E-state index contributed by atoms with van der Waals surface area (Å²) in [5.74, 6) is -0.341. The summed E-state index contributed by atoms with van der Waals surface area (Å²) in [6.07, 6.45) is 1.73. The van der Waals surface area contributed by atoms with E-state index in [1.54, 1.807) is 26.0 Å². The fourth-order valence-electron chi connectivity index (χ4n) is 2.41. The number of nitrogens with zero attached hydrogens (tertiary/aromatic N) is 2. The van der Waals surface area contributed by atoms with E-state index in [1.165, 1.54) is 0 Å². The van der Waals surface area contributed by atoms with Gasteiger partial charge in [-0.2, -0.15) is 10.3 Å². The van der Waals surface area contributed by atoms with Gasteiger partial charge in [0.05, 0.1) is 13.2 Å². The summed E-state index contributed by atoms with van der Waals surface area (Å²) < 4.78 is 10.8. The highest BCUT2D eigenvalue weighted by Crippen LogP contribution is 2.31. The number of aryl methyl sites for hydroxylation is 1. The van der Waals surface area contributed by atoms with Crippen LogP contribution in [0.4, 0.5) is 0 Å². The van der Waals surface area contributed by atoms with Gasteiger partial charge in [-0.05, 0) is 26.3 Å². The van der Waals surface area contributed by atoms with Crippen LogP contribution in [0.3, 0.4) is 0 Å². The van der Waals surface area contributed by atoms with Gasteiger partial charge in [0.2, 0.25) is 0 Å². The molecule has 1 aromatic heterocycles. The van der Waals surface area contributed by atoms with Crippen molar-refractivity contribution >= 4 is 18.6 Å². The van der Waals surface area contributed by atoms with Crippen LogP contribution in [0.15, 0.2) is 12.1 Å². The van der Waals surface area contributed by atoms with Gasteiger partial charge >= 0.3 is 13.1 Å². The molecule has 2 aromatic rings. The first-order valence-corrected chi connectivity index (χ1v) is 8.21. The topological polar surface area (TPSA) is 118 Å². The molecule has 0 atom stereocenters. The molecule has 9 heteroatoms. The molecule has 0 radical (unpaired) electrons. The molecule has 0 aliphatic rings. The van der Waals surface area contributed by atoms with E-state index in [9.17, 15) is 14.8 Å². The van der Waals surface area contributed by atoms with Gasteiger partial charge in [-0.15, -0.1) is 5.10 Å². The second-order valence-electron chi connectivity index (χ2n) is 5.55. The molecule has 0 spiro atoms. The number of carbonyl (C=O) groups excluding carboxylic acids is 1. The van der Waals surface area contributed by atoms with Crippen LogP contribution in [0, 0.1) is 6.92 Å². The predicted octanol–water partition coefficient (Wildman–Crippen LogP) is 0.816. The van der Waals surface area contributed by atoms with Crippen LogP contribution in [0.2, 0.25) is 0 Å². The summed E-state index contributed by atoms with van der Waals surface area (Å²) in [6, 6.07) is 3.38. The van der Waals surface area contributed by atoms with Gasteiger partial charge in [-0.1, -0.05) is 25.0 Å². The maximum absolute atomic E-state index is 12.1. The Morgan fingerprint density at radius 3 is 2.68 bits per heavy atom. The Balaban J connectivity index is 2.56. The van der Waals surface area contributed by atoms with E-state index in [2.05, 4.69) is 15.4 Å². The number of nitrogens with one attached hydrogen (secondary N) is 1. The summed E-state index contributed by atoms with van der Waals surface area (Å²) in [6.45, 7) is 6.13. The Hall–Kier alpha value is -2.39. The molecule has 0 bridgehead atoms. The number of aromatic amines is 1. The van der Waals surface area contributed by atoms with Gasteiger partial charge in [0.1, 0.15) is 11.4 Å². The minimum absolute atomic E-state index is 0.0196. The van der Waals surface area contributed by atoms with Gasteiger partial charge < -0.3 is 19.5 Å². The quantitative estimate of drug-likeness (QED) is 0.367. The van der Waals surface area contributed by atoms with Crippen molar-refractivity contribution in [3.8, 4) is 17.0 Å². The predicted molar refractivity (Wildman–Crippen MR) is 92.7 cm³/mol. The molecule has 0 saturated carbocycles. The highest BCUT2D eigenvalue weighted by atomic mass is 16.5. The molecule has 1 aromatic carbocycles. The van der Waals surface area contributed by atoms with Crippen molar-refractivity contribution in [1.82, 2.24) is 15.4 Å². The summed E-state index contributed by atoms with van der Waals surface area (Å²) in [7, 11) is -1.71. The van der Waals surface area contributed by atoms with Gasteiger partial charge in [-0.3, -0.25) is 0 Å². The smallest absolute Gasteiger partial charge is 0.492 e. The van der Waals surface area contributed by atoms with E-state index >= 15 is 0 Å². The van der Waals surface area contributed by atoms with E-state index in [0.717, 1.165) is 18.4 Å². The Kier molecular flexibility index (Phi) is 6.54. The number of hydrogen-bond donors (Lipinski definition) is 3. The third-order valence-corrected chi connectivity index (χ3v) is 3.56. The van der Waals surface area contributed by atoms with Crippen LogP contribution in [0.5, 0.6) is 5.75 Å². The maximum atomic E-state index is 12.1. The Morgan fingerprint density at radius 1 is 1.28 bits per heavy atom. The van der Waals surface area contributed by atoms with Crippen LogP contribution >= 0.6 is 0 Å². The molecule has 1 heterocycles. The molecule has 25 heavy (non-hydrogen) atoms. The number of rotatable bonds is 8. The minimum Gasteiger partial charge on any atom is -0.493 e. The first-order valence-electron chi connectivity index (χ1n) is 8.21. The molecule has 0 unspecified atom stereocenters. The van der Waals surface area contributed by atoms with Crippen molar-refractivity contribution in [2.75, 3.05) is 13.2 Å². The third kappa shape index (κ3) is 4.37. The lowest BCUT2D eigenvalue weighted by molar-refractivity contribution is 0.0520. The van der Waals surface area contributed by atoms with E-state index in [-0.39, 0.29) is 29.2 Å². The Bertz CT molecular complexity index is 733. The lowest BCUT2D eigenvalue weighted by Crippen LogP contribution is -2.32. The maximum Gasteiger partial charge on any atom is 0.492 e. The summed E-state index contributed by atoms with van der Waals surface area (Å²) in [4.78, 5) is 12.1. The average molecular weight is 347 g/mol. The molecule has 0 aliphatic heterocycles. The number of unbranched alkanes of at least 4 members (excludes halogenated alkanes) is 1. The standard InChI is InChI=1S/C16H22BN3O5/c1-4-6-7-25-15-11(8-10(3)9-12(15)17(22)23)13-14(19-20-18-13)16(21)24-5-2/h8-9,22-23H,4-7H2,1-3H3,(H,18,19,20). The molecular weight excluding hydrogens is 325 g/mol. The molecule has 0 fully saturated rings. The fraction of sp³-hybridized carbons (Fsp3) is 0.438. The van der Waals surface area contributed by atoms with Crippen molar-refractivity contribution in [2.24, 2.45) is 0 Å². The van der Waals surface area contributed by atoms with Gasteiger partial charge in [-0.25, -0.2) is 4.79 Å².